The quantitative estimate of drug-likeness (QED) is 0.886. The maximum absolute atomic E-state index is 12.3. The van der Waals surface area contributed by atoms with Crippen molar-refractivity contribution < 1.29 is 8.42 Å². The molecule has 0 spiro atoms. The van der Waals surface area contributed by atoms with Crippen molar-refractivity contribution in [2.75, 3.05) is 13.1 Å². The number of nitrogens with zero attached hydrogens (tertiary/aromatic N) is 2. The Morgan fingerprint density at radius 2 is 2.29 bits per heavy atom. The first kappa shape index (κ1) is 12.6. The molecule has 2 rings (SSSR count). The minimum atomic E-state index is -3.36. The van der Waals surface area contributed by atoms with Crippen LogP contribution in [-0.4, -0.2) is 35.8 Å². The van der Waals surface area contributed by atoms with Crippen molar-refractivity contribution in [2.24, 2.45) is 5.92 Å². The third-order valence-corrected chi connectivity index (χ3v) is 5.16. The van der Waals surface area contributed by atoms with Crippen molar-refractivity contribution in [3.05, 3.63) is 12.0 Å². The minimum Gasteiger partial charge on any atom is -0.332 e. The Labute approximate surface area is 102 Å². The van der Waals surface area contributed by atoms with E-state index < -0.39 is 10.0 Å². The van der Waals surface area contributed by atoms with Crippen molar-refractivity contribution >= 4 is 10.0 Å². The van der Waals surface area contributed by atoms with Crippen LogP contribution in [0.2, 0.25) is 0 Å². The van der Waals surface area contributed by atoms with E-state index in [4.69, 9.17) is 0 Å². The number of hydrogen-bond acceptors (Lipinski definition) is 3. The van der Waals surface area contributed by atoms with Gasteiger partial charge in [-0.2, -0.15) is 4.31 Å². The number of aromatic amines is 1. The zero-order valence-electron chi connectivity index (χ0n) is 10.3. The molecule has 6 heteroatoms. The van der Waals surface area contributed by atoms with E-state index in [1.807, 2.05) is 6.92 Å². The molecule has 0 aliphatic carbocycles. The number of H-pyrrole nitrogens is 1. The van der Waals surface area contributed by atoms with Gasteiger partial charge in [0.15, 0.2) is 5.03 Å². The summed E-state index contributed by atoms with van der Waals surface area (Å²) in [5.74, 6) is 1.22. The van der Waals surface area contributed by atoms with E-state index in [1.165, 1.54) is 6.20 Å². The molecular weight excluding hydrogens is 238 g/mol. The number of rotatable bonds is 4. The zero-order chi connectivity index (χ0) is 12.5. The average molecular weight is 257 g/mol. The number of aromatic nitrogens is 2. The molecule has 17 heavy (non-hydrogen) atoms. The smallest absolute Gasteiger partial charge is 0.260 e. The van der Waals surface area contributed by atoms with Gasteiger partial charge in [0.25, 0.3) is 10.0 Å². The normalized spacial score (nSPS) is 22.1. The molecule has 1 N–H and O–H groups in total. The summed E-state index contributed by atoms with van der Waals surface area (Å²) in [7, 11) is -3.36. The Morgan fingerprint density at radius 3 is 2.82 bits per heavy atom. The van der Waals surface area contributed by atoms with Crippen molar-refractivity contribution in [3.63, 3.8) is 0 Å². The maximum atomic E-state index is 12.3. The fourth-order valence-corrected chi connectivity index (χ4v) is 3.61. The Morgan fingerprint density at radius 1 is 1.53 bits per heavy atom. The van der Waals surface area contributed by atoms with E-state index in [2.05, 4.69) is 16.9 Å². The van der Waals surface area contributed by atoms with Crippen LogP contribution in [0.4, 0.5) is 0 Å². The van der Waals surface area contributed by atoms with Gasteiger partial charge in [-0.05, 0) is 12.3 Å². The number of sulfonamides is 1. The van der Waals surface area contributed by atoms with Crippen LogP contribution in [0, 0.1) is 5.92 Å². The summed E-state index contributed by atoms with van der Waals surface area (Å²) in [5, 5.41) is 0.228. The van der Waals surface area contributed by atoms with Crippen molar-refractivity contribution in [2.45, 2.75) is 38.1 Å². The molecule has 1 aliphatic heterocycles. The SMILES string of the molecule is CCc1ncc(S(=O)(=O)N2CCC(CC)C2)[nH]1. The molecule has 1 aromatic rings. The lowest BCUT2D eigenvalue weighted by Gasteiger charge is -2.14. The highest BCUT2D eigenvalue weighted by molar-refractivity contribution is 7.89. The molecule has 2 heterocycles. The topological polar surface area (TPSA) is 66.1 Å². The Balaban J connectivity index is 2.19. The van der Waals surface area contributed by atoms with E-state index in [9.17, 15) is 8.42 Å². The Hall–Kier alpha value is -0.880. The summed E-state index contributed by atoms with van der Waals surface area (Å²) in [4.78, 5) is 6.92. The number of aryl methyl sites for hydroxylation is 1. The van der Waals surface area contributed by atoms with Crippen LogP contribution in [0.5, 0.6) is 0 Å². The monoisotopic (exact) mass is 257 g/mol. The van der Waals surface area contributed by atoms with Gasteiger partial charge in [-0.15, -0.1) is 0 Å². The van der Waals surface area contributed by atoms with Gasteiger partial charge in [0, 0.05) is 19.5 Å². The van der Waals surface area contributed by atoms with Gasteiger partial charge >= 0.3 is 0 Å². The minimum absolute atomic E-state index is 0.228. The summed E-state index contributed by atoms with van der Waals surface area (Å²) in [6.45, 7) is 5.31. The fraction of sp³-hybridized carbons (Fsp3) is 0.727. The molecule has 1 fully saturated rings. The van der Waals surface area contributed by atoms with E-state index in [1.54, 1.807) is 4.31 Å². The number of imidazole rings is 1. The van der Waals surface area contributed by atoms with Crippen LogP contribution in [0.25, 0.3) is 0 Å². The summed E-state index contributed by atoms with van der Waals surface area (Å²) >= 11 is 0. The number of hydrogen-bond donors (Lipinski definition) is 1. The number of nitrogens with one attached hydrogen (secondary N) is 1. The Kier molecular flexibility index (Phi) is 3.53. The molecule has 0 aromatic carbocycles. The van der Waals surface area contributed by atoms with Crippen LogP contribution in [0.1, 0.15) is 32.5 Å². The van der Waals surface area contributed by atoms with Crippen molar-refractivity contribution in [1.82, 2.24) is 14.3 Å². The standard InChI is InChI=1S/C11H19N3O2S/c1-3-9-5-6-14(8-9)17(15,16)11-7-12-10(4-2)13-11/h7,9H,3-6,8H2,1-2H3,(H,12,13). The Bertz CT molecular complexity index is 481. The third kappa shape index (κ3) is 2.37. The van der Waals surface area contributed by atoms with Crippen LogP contribution in [0.3, 0.4) is 0 Å². The third-order valence-electron chi connectivity index (χ3n) is 3.38. The van der Waals surface area contributed by atoms with Gasteiger partial charge in [-0.25, -0.2) is 13.4 Å². The van der Waals surface area contributed by atoms with Crippen LogP contribution < -0.4 is 0 Å². The lowest BCUT2D eigenvalue weighted by atomic mass is 10.1. The van der Waals surface area contributed by atoms with E-state index >= 15 is 0 Å². The van der Waals surface area contributed by atoms with Crippen LogP contribution in [0.15, 0.2) is 11.2 Å². The highest BCUT2D eigenvalue weighted by Gasteiger charge is 2.32. The summed E-state index contributed by atoms with van der Waals surface area (Å²) < 4.78 is 26.1. The van der Waals surface area contributed by atoms with Gasteiger partial charge in [0.05, 0.1) is 6.20 Å². The van der Waals surface area contributed by atoms with Gasteiger partial charge in [0.2, 0.25) is 0 Å². The second-order valence-corrected chi connectivity index (χ2v) is 6.38. The zero-order valence-corrected chi connectivity index (χ0v) is 11.1. The van der Waals surface area contributed by atoms with Crippen molar-refractivity contribution in [3.8, 4) is 0 Å². The molecule has 0 amide bonds. The predicted molar refractivity (Wildman–Crippen MR) is 65.1 cm³/mol. The molecule has 0 radical (unpaired) electrons. The predicted octanol–water partition coefficient (Wildman–Crippen LogP) is 1.39. The van der Waals surface area contributed by atoms with Gasteiger partial charge in [0.1, 0.15) is 5.82 Å². The summed E-state index contributed by atoms with van der Waals surface area (Å²) in [6, 6.07) is 0. The van der Waals surface area contributed by atoms with E-state index in [0.29, 0.717) is 25.4 Å². The molecule has 5 nitrogen and oxygen atoms in total. The first-order valence-corrected chi connectivity index (χ1v) is 7.56. The first-order valence-electron chi connectivity index (χ1n) is 6.12. The van der Waals surface area contributed by atoms with Crippen LogP contribution >= 0.6 is 0 Å². The molecule has 96 valence electrons. The van der Waals surface area contributed by atoms with Crippen molar-refractivity contribution in [1.29, 1.82) is 0 Å². The molecule has 1 unspecified atom stereocenters. The van der Waals surface area contributed by atoms with Gasteiger partial charge < -0.3 is 4.98 Å². The van der Waals surface area contributed by atoms with E-state index in [0.717, 1.165) is 18.7 Å². The largest absolute Gasteiger partial charge is 0.332 e. The first-order chi connectivity index (χ1) is 8.07. The second-order valence-electron chi connectivity index (χ2n) is 4.47. The van der Waals surface area contributed by atoms with E-state index in [-0.39, 0.29) is 5.03 Å². The molecule has 0 saturated carbocycles. The molecule has 1 saturated heterocycles. The molecule has 1 aliphatic rings. The molecule has 1 atom stereocenters. The van der Waals surface area contributed by atoms with Crippen LogP contribution in [-0.2, 0) is 16.4 Å². The molecular formula is C11H19N3O2S. The van der Waals surface area contributed by atoms with Gasteiger partial charge in [-0.1, -0.05) is 20.3 Å². The second kappa shape index (κ2) is 4.78. The lowest BCUT2D eigenvalue weighted by Crippen LogP contribution is -2.29. The fourth-order valence-electron chi connectivity index (χ4n) is 2.14. The summed E-state index contributed by atoms with van der Waals surface area (Å²) in [6.07, 6.45) is 4.14. The lowest BCUT2D eigenvalue weighted by molar-refractivity contribution is 0.451. The molecule has 1 aromatic heterocycles. The van der Waals surface area contributed by atoms with Gasteiger partial charge in [-0.3, -0.25) is 0 Å². The highest BCUT2D eigenvalue weighted by atomic mass is 32.2. The summed E-state index contributed by atoms with van der Waals surface area (Å²) in [5.41, 5.74) is 0. The average Bonchev–Trinajstić information content (AvgIpc) is 2.98. The maximum Gasteiger partial charge on any atom is 0.260 e. The molecule has 0 bridgehead atoms. The highest BCUT2D eigenvalue weighted by Crippen LogP contribution is 2.25.